The molecule has 1 rings (SSSR count). The lowest BCUT2D eigenvalue weighted by Crippen LogP contribution is -2.45. The first-order chi connectivity index (χ1) is 8.76. The number of carbonyl (C=O) groups is 1. The fraction of sp³-hybridized carbons (Fsp3) is 0.923. The molecule has 0 heterocycles. The molecule has 0 aromatic rings. The van der Waals surface area contributed by atoms with Gasteiger partial charge in [-0.15, -0.1) is 0 Å². The molecule has 1 amide bonds. The molecular weight excluding hydrogens is 232 g/mol. The van der Waals surface area contributed by atoms with E-state index in [1.807, 2.05) is 0 Å². The van der Waals surface area contributed by atoms with Crippen LogP contribution in [0.5, 0.6) is 0 Å². The third-order valence-corrected chi connectivity index (χ3v) is 3.36. The van der Waals surface area contributed by atoms with Crippen LogP contribution in [-0.4, -0.2) is 50.0 Å². The predicted octanol–water partition coefficient (Wildman–Crippen LogP) is 0.422. The topological polar surface area (TPSA) is 70.6 Å². The smallest absolute Gasteiger partial charge is 0.234 e. The first kappa shape index (κ1) is 15.4. The molecule has 0 radical (unpaired) electrons. The second kappa shape index (κ2) is 9.30. The Labute approximate surface area is 109 Å². The van der Waals surface area contributed by atoms with Crippen LogP contribution in [0.4, 0.5) is 0 Å². The molecular formula is C13H26N2O3. The zero-order chi connectivity index (χ0) is 13.2. The minimum Gasteiger partial charge on any atom is -0.395 e. The zero-order valence-electron chi connectivity index (χ0n) is 11.3. The third kappa shape index (κ3) is 6.33. The van der Waals surface area contributed by atoms with Crippen molar-refractivity contribution in [1.82, 2.24) is 10.6 Å². The van der Waals surface area contributed by atoms with Crippen molar-refractivity contribution in [2.75, 3.05) is 26.9 Å². The Morgan fingerprint density at radius 2 is 2.00 bits per heavy atom. The van der Waals surface area contributed by atoms with Gasteiger partial charge >= 0.3 is 0 Å². The van der Waals surface area contributed by atoms with Gasteiger partial charge in [0.05, 0.1) is 25.8 Å². The van der Waals surface area contributed by atoms with E-state index >= 15 is 0 Å². The van der Waals surface area contributed by atoms with E-state index in [4.69, 9.17) is 9.84 Å². The maximum absolute atomic E-state index is 11.8. The van der Waals surface area contributed by atoms with Gasteiger partial charge in [0.15, 0.2) is 0 Å². The first-order valence-electron chi connectivity index (χ1n) is 6.88. The summed E-state index contributed by atoms with van der Waals surface area (Å²) in [6.45, 7) is 0.628. The van der Waals surface area contributed by atoms with E-state index in [-0.39, 0.29) is 25.1 Å². The van der Waals surface area contributed by atoms with Crippen molar-refractivity contribution in [3.63, 3.8) is 0 Å². The highest BCUT2D eigenvalue weighted by atomic mass is 16.5. The van der Waals surface area contributed by atoms with Crippen molar-refractivity contribution in [2.45, 2.75) is 50.6 Å². The predicted molar refractivity (Wildman–Crippen MR) is 70.4 cm³/mol. The summed E-state index contributed by atoms with van der Waals surface area (Å²) in [6.07, 6.45) is 7.17. The fourth-order valence-electron chi connectivity index (χ4n) is 2.32. The normalized spacial score (nSPS) is 19.2. The van der Waals surface area contributed by atoms with E-state index in [9.17, 15) is 4.79 Å². The van der Waals surface area contributed by atoms with Gasteiger partial charge in [-0.05, 0) is 12.8 Å². The number of rotatable bonds is 7. The van der Waals surface area contributed by atoms with Crippen molar-refractivity contribution in [3.05, 3.63) is 0 Å². The van der Waals surface area contributed by atoms with Gasteiger partial charge in [0.2, 0.25) is 5.91 Å². The Bertz CT molecular complexity index is 228. The summed E-state index contributed by atoms with van der Waals surface area (Å²) in [7, 11) is 1.58. The van der Waals surface area contributed by atoms with Gasteiger partial charge in [-0.25, -0.2) is 0 Å². The Morgan fingerprint density at radius 3 is 2.56 bits per heavy atom. The second-order valence-electron chi connectivity index (χ2n) is 4.97. The van der Waals surface area contributed by atoms with Crippen molar-refractivity contribution >= 4 is 5.91 Å². The molecule has 1 fully saturated rings. The van der Waals surface area contributed by atoms with E-state index in [0.717, 1.165) is 12.8 Å². The molecule has 0 spiro atoms. The lowest BCUT2D eigenvalue weighted by Gasteiger charge is -2.18. The average Bonchev–Trinajstić information content (AvgIpc) is 2.63. The molecule has 0 saturated heterocycles. The van der Waals surface area contributed by atoms with Crippen LogP contribution in [0, 0.1) is 0 Å². The number of nitrogens with one attached hydrogen (secondary N) is 2. The summed E-state index contributed by atoms with van der Waals surface area (Å²) in [5.41, 5.74) is 0. The molecule has 0 aromatic heterocycles. The molecule has 1 unspecified atom stereocenters. The number of hydrogen-bond donors (Lipinski definition) is 3. The van der Waals surface area contributed by atoms with Gasteiger partial charge < -0.3 is 20.5 Å². The average molecular weight is 258 g/mol. The van der Waals surface area contributed by atoms with Crippen molar-refractivity contribution in [3.8, 4) is 0 Å². The molecule has 3 N–H and O–H groups in total. The number of ether oxygens (including phenoxy) is 1. The van der Waals surface area contributed by atoms with Gasteiger partial charge in [0, 0.05) is 13.2 Å². The molecule has 1 aliphatic carbocycles. The number of carbonyl (C=O) groups excluding carboxylic acids is 1. The Morgan fingerprint density at radius 1 is 1.33 bits per heavy atom. The van der Waals surface area contributed by atoms with Crippen LogP contribution in [0.1, 0.15) is 38.5 Å². The molecule has 5 heteroatoms. The van der Waals surface area contributed by atoms with E-state index in [1.54, 1.807) is 7.11 Å². The van der Waals surface area contributed by atoms with Crippen molar-refractivity contribution in [1.29, 1.82) is 0 Å². The first-order valence-corrected chi connectivity index (χ1v) is 6.88. The van der Waals surface area contributed by atoms with Crippen LogP contribution in [-0.2, 0) is 9.53 Å². The van der Waals surface area contributed by atoms with Crippen LogP contribution < -0.4 is 10.6 Å². The molecule has 0 aliphatic heterocycles. The van der Waals surface area contributed by atoms with Crippen LogP contribution in [0.15, 0.2) is 0 Å². The highest BCUT2D eigenvalue weighted by Gasteiger charge is 2.15. The minimum atomic E-state index is -0.171. The van der Waals surface area contributed by atoms with Crippen molar-refractivity contribution < 1.29 is 14.6 Å². The number of hydrogen-bond acceptors (Lipinski definition) is 4. The van der Waals surface area contributed by atoms with Gasteiger partial charge in [-0.3, -0.25) is 4.79 Å². The Kier molecular flexibility index (Phi) is 7.96. The highest BCUT2D eigenvalue weighted by Crippen LogP contribution is 2.16. The number of aliphatic hydroxyl groups is 1. The molecule has 1 saturated carbocycles. The maximum Gasteiger partial charge on any atom is 0.234 e. The van der Waals surface area contributed by atoms with E-state index in [2.05, 4.69) is 10.6 Å². The van der Waals surface area contributed by atoms with E-state index in [0.29, 0.717) is 12.6 Å². The SMILES string of the molecule is COCC(CO)NCC(=O)NC1CCCCCC1. The van der Waals surface area contributed by atoms with Gasteiger partial charge in [0.25, 0.3) is 0 Å². The van der Waals surface area contributed by atoms with Crippen LogP contribution in [0.3, 0.4) is 0 Å². The van der Waals surface area contributed by atoms with Crippen LogP contribution >= 0.6 is 0 Å². The number of methoxy groups -OCH3 is 1. The van der Waals surface area contributed by atoms with Gasteiger partial charge in [0.1, 0.15) is 0 Å². The molecule has 0 bridgehead atoms. The largest absolute Gasteiger partial charge is 0.395 e. The van der Waals surface area contributed by atoms with Crippen LogP contribution in [0.25, 0.3) is 0 Å². The monoisotopic (exact) mass is 258 g/mol. The lowest BCUT2D eigenvalue weighted by atomic mass is 10.1. The third-order valence-electron chi connectivity index (χ3n) is 3.36. The number of amides is 1. The summed E-state index contributed by atoms with van der Waals surface area (Å²) in [5, 5.41) is 15.1. The molecule has 18 heavy (non-hydrogen) atoms. The Balaban J connectivity index is 2.19. The lowest BCUT2D eigenvalue weighted by molar-refractivity contribution is -0.121. The summed E-state index contributed by atoms with van der Waals surface area (Å²) in [6, 6.07) is 0.159. The van der Waals surface area contributed by atoms with Gasteiger partial charge in [-0.1, -0.05) is 25.7 Å². The molecule has 106 valence electrons. The zero-order valence-corrected chi connectivity index (χ0v) is 11.3. The van der Waals surface area contributed by atoms with Crippen LogP contribution in [0.2, 0.25) is 0 Å². The minimum absolute atomic E-state index is 0.0106. The maximum atomic E-state index is 11.8. The summed E-state index contributed by atoms with van der Waals surface area (Å²) < 4.78 is 4.94. The standard InChI is InChI=1S/C13H26N2O3/c1-18-10-12(9-16)14-8-13(17)15-11-6-4-2-3-5-7-11/h11-12,14,16H,2-10H2,1H3,(H,15,17). The second-order valence-corrected chi connectivity index (χ2v) is 4.97. The van der Waals surface area contributed by atoms with Gasteiger partial charge in [-0.2, -0.15) is 0 Å². The molecule has 1 aliphatic rings. The Hall–Kier alpha value is -0.650. The summed E-state index contributed by atoms with van der Waals surface area (Å²) in [4.78, 5) is 11.8. The molecule has 1 atom stereocenters. The molecule has 5 nitrogen and oxygen atoms in total. The summed E-state index contributed by atoms with van der Waals surface area (Å²) in [5.74, 6) is 0.0106. The highest BCUT2D eigenvalue weighted by molar-refractivity contribution is 5.78. The quantitative estimate of drug-likeness (QED) is 0.579. The molecule has 0 aromatic carbocycles. The fourth-order valence-corrected chi connectivity index (χ4v) is 2.32. The van der Waals surface area contributed by atoms with E-state index in [1.165, 1.54) is 25.7 Å². The summed E-state index contributed by atoms with van der Waals surface area (Å²) >= 11 is 0. The number of aliphatic hydroxyl groups excluding tert-OH is 1. The van der Waals surface area contributed by atoms with Crippen molar-refractivity contribution in [2.24, 2.45) is 0 Å². The van der Waals surface area contributed by atoms with E-state index < -0.39 is 0 Å².